The van der Waals surface area contributed by atoms with Gasteiger partial charge in [-0.05, 0) is 41.2 Å². The molecule has 4 rings (SSSR count). The summed E-state index contributed by atoms with van der Waals surface area (Å²) in [5.41, 5.74) is 2.53. The predicted octanol–water partition coefficient (Wildman–Crippen LogP) is 4.36. The second kappa shape index (κ2) is 6.92. The van der Waals surface area contributed by atoms with Gasteiger partial charge in [0.15, 0.2) is 0 Å². The van der Waals surface area contributed by atoms with Crippen LogP contribution in [0.15, 0.2) is 42.5 Å². The summed E-state index contributed by atoms with van der Waals surface area (Å²) >= 11 is 1.50. The molecule has 0 spiro atoms. The van der Waals surface area contributed by atoms with Crippen LogP contribution in [0, 0.1) is 0 Å². The van der Waals surface area contributed by atoms with E-state index in [0.717, 1.165) is 41.2 Å². The molecule has 0 unspecified atom stereocenters. The number of hydrogen-bond acceptors (Lipinski definition) is 4. The number of benzene rings is 2. The highest BCUT2D eigenvalue weighted by atomic mass is 32.1. The van der Waals surface area contributed by atoms with Crippen molar-refractivity contribution in [3.05, 3.63) is 64.0 Å². The summed E-state index contributed by atoms with van der Waals surface area (Å²) in [7, 11) is 1.38. The summed E-state index contributed by atoms with van der Waals surface area (Å²) in [6.45, 7) is 0. The third kappa shape index (κ3) is 3.10. The molecule has 0 fully saturated rings. The van der Waals surface area contributed by atoms with Crippen LogP contribution in [0.25, 0.3) is 10.8 Å². The zero-order valence-electron chi connectivity index (χ0n) is 14.5. The Morgan fingerprint density at radius 3 is 2.73 bits per heavy atom. The quantitative estimate of drug-likeness (QED) is 0.699. The van der Waals surface area contributed by atoms with Crippen LogP contribution in [-0.2, 0) is 28.8 Å². The Morgan fingerprint density at radius 2 is 1.92 bits per heavy atom. The third-order valence-corrected chi connectivity index (χ3v) is 5.95. The number of anilines is 1. The molecule has 132 valence electrons. The number of carbonyl (C=O) groups excluding carboxylic acids is 2. The van der Waals surface area contributed by atoms with Crippen molar-refractivity contribution in [1.29, 1.82) is 0 Å². The highest BCUT2D eigenvalue weighted by Gasteiger charge is 2.27. The predicted molar refractivity (Wildman–Crippen MR) is 104 cm³/mol. The summed E-state index contributed by atoms with van der Waals surface area (Å²) in [6.07, 6.45) is 3.16. The van der Waals surface area contributed by atoms with Crippen LogP contribution >= 0.6 is 11.3 Å². The molecule has 5 heteroatoms. The van der Waals surface area contributed by atoms with Crippen molar-refractivity contribution < 1.29 is 14.3 Å². The lowest BCUT2D eigenvalue weighted by Crippen LogP contribution is -2.16. The maximum atomic E-state index is 12.6. The van der Waals surface area contributed by atoms with E-state index in [0.29, 0.717) is 10.6 Å². The number of thiophene rings is 1. The van der Waals surface area contributed by atoms with E-state index >= 15 is 0 Å². The molecule has 3 aromatic rings. The molecule has 0 saturated heterocycles. The van der Waals surface area contributed by atoms with Crippen LogP contribution in [0.5, 0.6) is 0 Å². The van der Waals surface area contributed by atoms with Crippen molar-refractivity contribution in [3.8, 4) is 0 Å². The van der Waals surface area contributed by atoms with E-state index in [1.54, 1.807) is 0 Å². The molecular weight excluding hydrogens is 346 g/mol. The number of carbonyl (C=O) groups is 2. The Bertz CT molecular complexity index is 1010. The van der Waals surface area contributed by atoms with Gasteiger partial charge in [0, 0.05) is 4.88 Å². The Morgan fingerprint density at radius 1 is 1.12 bits per heavy atom. The fourth-order valence-electron chi connectivity index (χ4n) is 3.52. The highest BCUT2D eigenvalue weighted by molar-refractivity contribution is 7.17. The molecule has 0 bridgehead atoms. The lowest BCUT2D eigenvalue weighted by atomic mass is 10.0. The summed E-state index contributed by atoms with van der Waals surface area (Å²) in [5, 5.41) is 5.81. The van der Waals surface area contributed by atoms with E-state index in [-0.39, 0.29) is 18.3 Å². The van der Waals surface area contributed by atoms with Crippen LogP contribution in [-0.4, -0.2) is 19.0 Å². The maximum Gasteiger partial charge on any atom is 0.341 e. The molecule has 2 aromatic carbocycles. The van der Waals surface area contributed by atoms with Crippen LogP contribution in [0.4, 0.5) is 5.00 Å². The molecule has 1 amide bonds. The smallest absolute Gasteiger partial charge is 0.341 e. The van der Waals surface area contributed by atoms with Gasteiger partial charge in [0.1, 0.15) is 5.00 Å². The SMILES string of the molecule is COC(=O)c1c(NC(=O)Cc2ccc3ccccc3c2)sc2c1CCC2. The molecule has 1 aliphatic rings. The second-order valence-corrected chi connectivity index (χ2v) is 7.56. The van der Waals surface area contributed by atoms with Crippen molar-refractivity contribution in [3.63, 3.8) is 0 Å². The Labute approximate surface area is 155 Å². The lowest BCUT2D eigenvalue weighted by molar-refractivity contribution is -0.115. The normalized spacial score (nSPS) is 12.8. The molecule has 0 aliphatic heterocycles. The van der Waals surface area contributed by atoms with Gasteiger partial charge in [-0.15, -0.1) is 11.3 Å². The topological polar surface area (TPSA) is 55.4 Å². The number of hydrogen-bond donors (Lipinski definition) is 1. The Hall–Kier alpha value is -2.66. The first-order chi connectivity index (χ1) is 12.7. The van der Waals surface area contributed by atoms with Crippen LogP contribution in [0.2, 0.25) is 0 Å². The lowest BCUT2D eigenvalue weighted by Gasteiger charge is -2.08. The first-order valence-electron chi connectivity index (χ1n) is 8.66. The van der Waals surface area contributed by atoms with E-state index in [4.69, 9.17) is 4.74 Å². The Balaban J connectivity index is 1.55. The van der Waals surface area contributed by atoms with E-state index < -0.39 is 0 Å². The van der Waals surface area contributed by atoms with Crippen molar-refractivity contribution in [2.75, 3.05) is 12.4 Å². The average Bonchev–Trinajstić information content (AvgIpc) is 3.21. The first kappa shape index (κ1) is 16.8. The van der Waals surface area contributed by atoms with Gasteiger partial charge in [-0.2, -0.15) is 0 Å². The minimum absolute atomic E-state index is 0.120. The fourth-order valence-corrected chi connectivity index (χ4v) is 4.81. The van der Waals surface area contributed by atoms with Gasteiger partial charge in [-0.25, -0.2) is 4.79 Å². The number of nitrogens with one attached hydrogen (secondary N) is 1. The first-order valence-corrected chi connectivity index (χ1v) is 9.47. The van der Waals surface area contributed by atoms with Crippen molar-refractivity contribution >= 4 is 39.0 Å². The van der Waals surface area contributed by atoms with Gasteiger partial charge >= 0.3 is 5.97 Å². The largest absolute Gasteiger partial charge is 0.465 e. The van der Waals surface area contributed by atoms with Gasteiger partial charge < -0.3 is 10.1 Å². The Kier molecular flexibility index (Phi) is 4.47. The standard InChI is InChI=1S/C21H19NO3S/c1-25-21(24)19-16-7-4-8-17(16)26-20(19)22-18(23)12-13-9-10-14-5-2-3-6-15(14)11-13/h2-3,5-6,9-11H,4,7-8,12H2,1H3,(H,22,23). The van der Waals surface area contributed by atoms with Crippen LogP contribution < -0.4 is 5.32 Å². The van der Waals surface area contributed by atoms with E-state index in [9.17, 15) is 9.59 Å². The number of amides is 1. The number of esters is 1. The molecule has 26 heavy (non-hydrogen) atoms. The van der Waals surface area contributed by atoms with Crippen molar-refractivity contribution in [2.24, 2.45) is 0 Å². The number of methoxy groups -OCH3 is 1. The van der Waals surface area contributed by atoms with E-state index in [1.807, 2.05) is 36.4 Å². The van der Waals surface area contributed by atoms with E-state index in [1.165, 1.54) is 23.3 Å². The molecule has 0 radical (unpaired) electrons. The van der Waals surface area contributed by atoms with Gasteiger partial charge in [-0.1, -0.05) is 42.5 Å². The van der Waals surface area contributed by atoms with Crippen molar-refractivity contribution in [2.45, 2.75) is 25.7 Å². The molecular formula is C21H19NO3S. The number of aryl methyl sites for hydroxylation is 1. The average molecular weight is 365 g/mol. The summed E-state index contributed by atoms with van der Waals surface area (Å²) in [4.78, 5) is 25.9. The molecule has 1 aliphatic carbocycles. The molecule has 0 saturated carbocycles. The summed E-state index contributed by atoms with van der Waals surface area (Å²) in [6, 6.07) is 14.1. The molecule has 4 nitrogen and oxygen atoms in total. The highest BCUT2D eigenvalue weighted by Crippen LogP contribution is 2.39. The molecule has 1 heterocycles. The zero-order valence-corrected chi connectivity index (χ0v) is 15.3. The second-order valence-electron chi connectivity index (χ2n) is 6.46. The number of fused-ring (bicyclic) bond motifs is 2. The molecule has 1 aromatic heterocycles. The zero-order chi connectivity index (χ0) is 18.1. The summed E-state index contributed by atoms with van der Waals surface area (Å²) < 4.78 is 4.93. The minimum atomic E-state index is -0.370. The van der Waals surface area contributed by atoms with Crippen molar-refractivity contribution in [1.82, 2.24) is 0 Å². The fraction of sp³-hybridized carbons (Fsp3) is 0.238. The van der Waals surface area contributed by atoms with Gasteiger partial charge in [0.2, 0.25) is 5.91 Å². The molecule has 1 N–H and O–H groups in total. The van der Waals surface area contributed by atoms with E-state index in [2.05, 4.69) is 11.4 Å². The van der Waals surface area contributed by atoms with Gasteiger partial charge in [0.05, 0.1) is 19.1 Å². The number of ether oxygens (including phenoxy) is 1. The number of rotatable bonds is 4. The monoisotopic (exact) mass is 365 g/mol. The summed E-state index contributed by atoms with van der Waals surface area (Å²) in [5.74, 6) is -0.490. The maximum absolute atomic E-state index is 12.6. The van der Waals surface area contributed by atoms with Crippen LogP contribution in [0.3, 0.4) is 0 Å². The van der Waals surface area contributed by atoms with Gasteiger partial charge in [0.25, 0.3) is 0 Å². The third-order valence-electron chi connectivity index (χ3n) is 4.74. The van der Waals surface area contributed by atoms with Gasteiger partial charge in [-0.3, -0.25) is 4.79 Å². The minimum Gasteiger partial charge on any atom is -0.465 e. The van der Waals surface area contributed by atoms with Crippen LogP contribution in [0.1, 0.15) is 32.8 Å². The molecule has 0 atom stereocenters.